The topological polar surface area (TPSA) is 39.7 Å². The summed E-state index contributed by atoms with van der Waals surface area (Å²) in [6.45, 7) is 0.870. The highest BCUT2D eigenvalue weighted by atomic mass is 32.1. The van der Waals surface area contributed by atoms with Crippen molar-refractivity contribution in [3.05, 3.63) is 22.4 Å². The van der Waals surface area contributed by atoms with Crippen LogP contribution in [-0.4, -0.2) is 57.3 Å². The number of thiophene rings is 1. The summed E-state index contributed by atoms with van der Waals surface area (Å²) in [5, 5.41) is 8.33. The standard InChI is InChI=1S/C14H23F3N4S/c1-18-13(20-8-6-12-5-3-10-22-12)19-7-4-9-21(2)11-14(15,16)17/h3,5,10H,4,6-9,11H2,1-2H3,(H2,18,19,20). The zero-order valence-electron chi connectivity index (χ0n) is 12.9. The van der Waals surface area contributed by atoms with Gasteiger partial charge in [0.15, 0.2) is 5.96 Å². The molecule has 126 valence electrons. The van der Waals surface area contributed by atoms with E-state index in [9.17, 15) is 13.2 Å². The van der Waals surface area contributed by atoms with Crippen molar-refractivity contribution in [3.8, 4) is 0 Å². The molecular formula is C14H23F3N4S. The third kappa shape index (κ3) is 8.89. The van der Waals surface area contributed by atoms with Gasteiger partial charge in [0, 0.05) is 25.0 Å². The van der Waals surface area contributed by atoms with E-state index in [0.29, 0.717) is 25.5 Å². The smallest absolute Gasteiger partial charge is 0.356 e. The molecule has 8 heteroatoms. The van der Waals surface area contributed by atoms with Crippen molar-refractivity contribution in [3.63, 3.8) is 0 Å². The van der Waals surface area contributed by atoms with E-state index in [1.165, 1.54) is 16.8 Å². The first-order valence-electron chi connectivity index (χ1n) is 7.13. The molecule has 0 aliphatic heterocycles. The third-order valence-electron chi connectivity index (χ3n) is 2.93. The highest BCUT2D eigenvalue weighted by molar-refractivity contribution is 7.09. The van der Waals surface area contributed by atoms with E-state index in [1.807, 2.05) is 11.4 Å². The first-order chi connectivity index (χ1) is 10.4. The van der Waals surface area contributed by atoms with Crippen LogP contribution in [0.2, 0.25) is 0 Å². The number of halogens is 3. The van der Waals surface area contributed by atoms with Gasteiger partial charge in [-0.3, -0.25) is 9.89 Å². The SMILES string of the molecule is CN=C(NCCCN(C)CC(F)(F)F)NCCc1cccs1. The molecule has 0 spiro atoms. The zero-order valence-corrected chi connectivity index (χ0v) is 13.7. The molecule has 0 aromatic carbocycles. The van der Waals surface area contributed by atoms with Crippen LogP contribution < -0.4 is 10.6 Å². The lowest BCUT2D eigenvalue weighted by atomic mass is 10.3. The predicted octanol–water partition coefficient (Wildman–Crippen LogP) is 2.34. The van der Waals surface area contributed by atoms with E-state index in [1.54, 1.807) is 18.4 Å². The fourth-order valence-electron chi connectivity index (χ4n) is 1.92. The van der Waals surface area contributed by atoms with Gasteiger partial charge in [0.05, 0.1) is 6.54 Å². The van der Waals surface area contributed by atoms with Gasteiger partial charge in [-0.05, 0) is 37.9 Å². The van der Waals surface area contributed by atoms with Crippen molar-refractivity contribution in [2.24, 2.45) is 4.99 Å². The van der Waals surface area contributed by atoms with E-state index in [0.717, 1.165) is 13.0 Å². The summed E-state index contributed by atoms with van der Waals surface area (Å²) < 4.78 is 36.5. The summed E-state index contributed by atoms with van der Waals surface area (Å²) in [5.74, 6) is 0.676. The number of aliphatic imine (C=N–C) groups is 1. The fraction of sp³-hybridized carbons (Fsp3) is 0.643. The second-order valence-corrected chi connectivity index (χ2v) is 5.99. The molecule has 0 aliphatic rings. The molecule has 22 heavy (non-hydrogen) atoms. The Balaban J connectivity index is 2.11. The third-order valence-corrected chi connectivity index (χ3v) is 3.86. The maximum absolute atomic E-state index is 12.2. The van der Waals surface area contributed by atoms with Crippen molar-refractivity contribution < 1.29 is 13.2 Å². The van der Waals surface area contributed by atoms with E-state index >= 15 is 0 Å². The Kier molecular flexibility index (Phi) is 8.26. The Labute approximate surface area is 133 Å². The molecular weight excluding hydrogens is 313 g/mol. The van der Waals surface area contributed by atoms with Gasteiger partial charge in [0.25, 0.3) is 0 Å². The van der Waals surface area contributed by atoms with Crippen molar-refractivity contribution in [2.45, 2.75) is 19.0 Å². The van der Waals surface area contributed by atoms with Crippen LogP contribution in [0.25, 0.3) is 0 Å². The molecule has 0 atom stereocenters. The predicted molar refractivity (Wildman–Crippen MR) is 85.6 cm³/mol. The summed E-state index contributed by atoms with van der Waals surface area (Å²) in [6.07, 6.45) is -2.59. The van der Waals surface area contributed by atoms with Crippen LogP contribution in [0.15, 0.2) is 22.5 Å². The number of alkyl halides is 3. The maximum Gasteiger partial charge on any atom is 0.401 e. The van der Waals surface area contributed by atoms with Gasteiger partial charge in [-0.2, -0.15) is 13.2 Å². The molecule has 1 heterocycles. The molecule has 0 aliphatic carbocycles. The summed E-state index contributed by atoms with van der Waals surface area (Å²) in [6, 6.07) is 4.10. The normalized spacial score (nSPS) is 12.7. The minimum Gasteiger partial charge on any atom is -0.356 e. The number of guanidine groups is 1. The molecule has 2 N–H and O–H groups in total. The van der Waals surface area contributed by atoms with Crippen LogP contribution in [0.5, 0.6) is 0 Å². The summed E-state index contributed by atoms with van der Waals surface area (Å²) in [5.41, 5.74) is 0. The van der Waals surface area contributed by atoms with Gasteiger partial charge < -0.3 is 10.6 Å². The van der Waals surface area contributed by atoms with Gasteiger partial charge in [-0.1, -0.05) is 6.07 Å². The number of rotatable bonds is 8. The second kappa shape index (κ2) is 9.68. The van der Waals surface area contributed by atoms with E-state index < -0.39 is 12.7 Å². The van der Waals surface area contributed by atoms with Crippen molar-refractivity contribution in [1.82, 2.24) is 15.5 Å². The van der Waals surface area contributed by atoms with Gasteiger partial charge in [-0.25, -0.2) is 0 Å². The zero-order chi connectivity index (χ0) is 16.4. The Hall–Kier alpha value is -1.28. The van der Waals surface area contributed by atoms with Crippen molar-refractivity contribution in [1.29, 1.82) is 0 Å². The van der Waals surface area contributed by atoms with Crippen LogP contribution in [0.4, 0.5) is 13.2 Å². The largest absolute Gasteiger partial charge is 0.401 e. The van der Waals surface area contributed by atoms with Crippen LogP contribution in [-0.2, 0) is 6.42 Å². The van der Waals surface area contributed by atoms with Crippen molar-refractivity contribution >= 4 is 17.3 Å². The highest BCUT2D eigenvalue weighted by Crippen LogP contribution is 2.15. The monoisotopic (exact) mass is 336 g/mol. The average molecular weight is 336 g/mol. The van der Waals surface area contributed by atoms with Gasteiger partial charge >= 0.3 is 6.18 Å². The molecule has 0 fully saturated rings. The molecule has 0 amide bonds. The second-order valence-electron chi connectivity index (χ2n) is 4.96. The van der Waals surface area contributed by atoms with Crippen LogP contribution in [0.3, 0.4) is 0 Å². The highest BCUT2D eigenvalue weighted by Gasteiger charge is 2.28. The molecule has 0 bridgehead atoms. The molecule has 1 aromatic heterocycles. The average Bonchev–Trinajstić information content (AvgIpc) is 2.92. The number of nitrogens with one attached hydrogen (secondary N) is 2. The molecule has 0 unspecified atom stereocenters. The Morgan fingerprint density at radius 2 is 2.05 bits per heavy atom. The first kappa shape index (κ1) is 18.8. The summed E-state index contributed by atoms with van der Waals surface area (Å²) in [7, 11) is 3.15. The summed E-state index contributed by atoms with van der Waals surface area (Å²) in [4.78, 5) is 6.66. The maximum atomic E-state index is 12.2. The van der Waals surface area contributed by atoms with Gasteiger partial charge in [0.1, 0.15) is 0 Å². The molecule has 1 aromatic rings. The molecule has 1 rings (SSSR count). The molecule has 0 saturated carbocycles. The molecule has 0 saturated heterocycles. The first-order valence-corrected chi connectivity index (χ1v) is 8.01. The molecule has 0 radical (unpaired) electrons. The van der Waals surface area contributed by atoms with E-state index in [-0.39, 0.29) is 0 Å². The minimum atomic E-state index is -4.14. The summed E-state index contributed by atoms with van der Waals surface area (Å²) >= 11 is 1.71. The lowest BCUT2D eigenvalue weighted by Crippen LogP contribution is -2.40. The van der Waals surface area contributed by atoms with Gasteiger partial charge in [-0.15, -0.1) is 11.3 Å². The van der Waals surface area contributed by atoms with E-state index in [2.05, 4.69) is 21.7 Å². The number of hydrogen-bond donors (Lipinski definition) is 2. The van der Waals surface area contributed by atoms with Crippen LogP contribution in [0, 0.1) is 0 Å². The minimum absolute atomic E-state index is 0.388. The Morgan fingerprint density at radius 3 is 2.64 bits per heavy atom. The Morgan fingerprint density at radius 1 is 1.32 bits per heavy atom. The van der Waals surface area contributed by atoms with Crippen LogP contribution >= 0.6 is 11.3 Å². The van der Waals surface area contributed by atoms with E-state index in [4.69, 9.17) is 0 Å². The number of hydrogen-bond acceptors (Lipinski definition) is 3. The van der Waals surface area contributed by atoms with Crippen molar-refractivity contribution in [2.75, 3.05) is 40.3 Å². The lowest BCUT2D eigenvalue weighted by Gasteiger charge is -2.18. The fourth-order valence-corrected chi connectivity index (χ4v) is 2.63. The van der Waals surface area contributed by atoms with Crippen LogP contribution in [0.1, 0.15) is 11.3 Å². The lowest BCUT2D eigenvalue weighted by molar-refractivity contribution is -0.143. The quantitative estimate of drug-likeness (QED) is 0.435. The van der Waals surface area contributed by atoms with Gasteiger partial charge in [0.2, 0.25) is 0 Å². The number of nitrogens with zero attached hydrogens (tertiary/aromatic N) is 2. The Bertz CT molecular complexity index is 432. The molecule has 4 nitrogen and oxygen atoms in total.